The van der Waals surface area contributed by atoms with Crippen molar-refractivity contribution in [3.8, 4) is 17.0 Å². The summed E-state index contributed by atoms with van der Waals surface area (Å²) in [5.74, 6) is 1.12. The average molecular weight is 219 g/mol. The first kappa shape index (κ1) is 10.5. The fourth-order valence-corrected chi connectivity index (χ4v) is 1.78. The van der Waals surface area contributed by atoms with Crippen LogP contribution in [0.1, 0.15) is 11.1 Å². The molecule has 2 aromatic rings. The third kappa shape index (κ3) is 1.60. The molecule has 0 unspecified atom stereocenters. The van der Waals surface area contributed by atoms with Gasteiger partial charge in [-0.25, -0.2) is 4.63 Å². The fraction of sp³-hybridized carbons (Fsp3) is 0.273. The van der Waals surface area contributed by atoms with Gasteiger partial charge in [0.15, 0.2) is 11.5 Å². The van der Waals surface area contributed by atoms with Crippen LogP contribution in [-0.2, 0) is 0 Å². The molecule has 0 amide bonds. The minimum atomic E-state index is 0.302. The molecule has 0 aliphatic heterocycles. The molecule has 0 aliphatic rings. The Hall–Kier alpha value is -2.04. The van der Waals surface area contributed by atoms with Crippen molar-refractivity contribution < 1.29 is 9.37 Å². The molecule has 2 N–H and O–H groups in total. The summed E-state index contributed by atoms with van der Waals surface area (Å²) in [5, 5.41) is 7.39. The van der Waals surface area contributed by atoms with Crippen LogP contribution in [0.4, 0.5) is 5.82 Å². The third-order valence-corrected chi connectivity index (χ3v) is 2.49. The molecule has 2 rings (SSSR count). The first-order chi connectivity index (χ1) is 7.63. The van der Waals surface area contributed by atoms with Crippen molar-refractivity contribution in [1.29, 1.82) is 0 Å². The molecule has 0 fully saturated rings. The van der Waals surface area contributed by atoms with E-state index < -0.39 is 0 Å². The van der Waals surface area contributed by atoms with E-state index in [1.165, 1.54) is 0 Å². The van der Waals surface area contributed by atoms with Gasteiger partial charge >= 0.3 is 0 Å². The molecule has 1 aromatic carbocycles. The molecule has 1 heterocycles. The summed E-state index contributed by atoms with van der Waals surface area (Å²) in [4.78, 5) is 0. The Morgan fingerprint density at radius 1 is 1.19 bits per heavy atom. The van der Waals surface area contributed by atoms with E-state index in [9.17, 15) is 0 Å². The summed E-state index contributed by atoms with van der Waals surface area (Å²) in [6.07, 6.45) is 0. The first-order valence-electron chi connectivity index (χ1n) is 4.87. The second kappa shape index (κ2) is 3.84. The van der Waals surface area contributed by atoms with E-state index in [1.54, 1.807) is 7.11 Å². The maximum absolute atomic E-state index is 5.68. The standard InChI is InChI=1S/C11H13N3O2/c1-6-4-8(15-3)5-7(2)9(6)10-11(12)14-16-13-10/h4-5H,1-3H3,(H2,12,14). The maximum Gasteiger partial charge on any atom is 0.196 e. The number of nitrogen functional groups attached to an aromatic ring is 1. The minimum Gasteiger partial charge on any atom is -0.497 e. The summed E-state index contributed by atoms with van der Waals surface area (Å²) in [6.45, 7) is 3.94. The summed E-state index contributed by atoms with van der Waals surface area (Å²) in [7, 11) is 1.64. The first-order valence-corrected chi connectivity index (χ1v) is 4.87. The summed E-state index contributed by atoms with van der Waals surface area (Å²) in [5.41, 5.74) is 9.26. The van der Waals surface area contributed by atoms with Crippen LogP contribution in [0.2, 0.25) is 0 Å². The van der Waals surface area contributed by atoms with Crippen molar-refractivity contribution in [1.82, 2.24) is 10.3 Å². The monoisotopic (exact) mass is 219 g/mol. The van der Waals surface area contributed by atoms with Crippen LogP contribution < -0.4 is 10.5 Å². The zero-order chi connectivity index (χ0) is 11.7. The molecule has 16 heavy (non-hydrogen) atoms. The van der Waals surface area contributed by atoms with Crippen molar-refractivity contribution in [2.24, 2.45) is 0 Å². The molecule has 0 saturated carbocycles. The fourth-order valence-electron chi connectivity index (χ4n) is 1.78. The molecule has 1 aromatic heterocycles. The number of aromatic nitrogens is 2. The van der Waals surface area contributed by atoms with Crippen molar-refractivity contribution in [2.75, 3.05) is 12.8 Å². The lowest BCUT2D eigenvalue weighted by molar-refractivity contribution is 0.310. The highest BCUT2D eigenvalue weighted by Crippen LogP contribution is 2.32. The highest BCUT2D eigenvalue weighted by molar-refractivity contribution is 5.75. The topological polar surface area (TPSA) is 74.2 Å². The van der Waals surface area contributed by atoms with Gasteiger partial charge in [0.05, 0.1) is 7.11 Å². The largest absolute Gasteiger partial charge is 0.497 e. The van der Waals surface area contributed by atoms with Crippen LogP contribution >= 0.6 is 0 Å². The van der Waals surface area contributed by atoms with Crippen molar-refractivity contribution >= 4 is 5.82 Å². The van der Waals surface area contributed by atoms with E-state index in [0.717, 1.165) is 22.4 Å². The zero-order valence-electron chi connectivity index (χ0n) is 9.44. The molecule has 0 saturated heterocycles. The van der Waals surface area contributed by atoms with Gasteiger partial charge in [0.1, 0.15) is 5.75 Å². The maximum atomic E-state index is 5.68. The number of ether oxygens (including phenoxy) is 1. The molecule has 5 nitrogen and oxygen atoms in total. The van der Waals surface area contributed by atoms with Crippen LogP contribution in [0.15, 0.2) is 16.8 Å². The second-order valence-electron chi connectivity index (χ2n) is 3.63. The Balaban J connectivity index is 2.62. The quantitative estimate of drug-likeness (QED) is 0.835. The van der Waals surface area contributed by atoms with Gasteiger partial charge in [-0.15, -0.1) is 0 Å². The normalized spacial score (nSPS) is 10.4. The number of hydrogen-bond donors (Lipinski definition) is 1. The SMILES string of the molecule is COc1cc(C)c(-c2nonc2N)c(C)c1. The van der Waals surface area contributed by atoms with Gasteiger partial charge < -0.3 is 10.5 Å². The number of aryl methyl sites for hydroxylation is 2. The van der Waals surface area contributed by atoms with Gasteiger partial charge in [0.25, 0.3) is 0 Å². The molecule has 0 radical (unpaired) electrons. The van der Waals surface area contributed by atoms with Crippen molar-refractivity contribution in [2.45, 2.75) is 13.8 Å². The van der Waals surface area contributed by atoms with Crippen LogP contribution in [0.3, 0.4) is 0 Å². The number of hydrogen-bond acceptors (Lipinski definition) is 5. The number of methoxy groups -OCH3 is 1. The second-order valence-corrected chi connectivity index (χ2v) is 3.63. The zero-order valence-corrected chi connectivity index (χ0v) is 9.44. The van der Waals surface area contributed by atoms with Gasteiger partial charge in [-0.3, -0.25) is 0 Å². The predicted molar refractivity (Wildman–Crippen MR) is 60.2 cm³/mol. The number of anilines is 1. The number of nitrogens with zero attached hydrogens (tertiary/aromatic N) is 2. The Kier molecular flexibility index (Phi) is 2.52. The van der Waals surface area contributed by atoms with Crippen LogP contribution in [0.5, 0.6) is 5.75 Å². The molecule has 0 aliphatic carbocycles. The highest BCUT2D eigenvalue weighted by Gasteiger charge is 2.15. The summed E-state index contributed by atoms with van der Waals surface area (Å²) < 4.78 is 9.80. The van der Waals surface area contributed by atoms with Crippen LogP contribution in [-0.4, -0.2) is 17.4 Å². The van der Waals surface area contributed by atoms with E-state index in [1.807, 2.05) is 26.0 Å². The molecule has 5 heteroatoms. The van der Waals surface area contributed by atoms with Crippen molar-refractivity contribution in [3.63, 3.8) is 0 Å². The van der Waals surface area contributed by atoms with Gasteiger partial charge in [0.2, 0.25) is 0 Å². The third-order valence-electron chi connectivity index (χ3n) is 2.49. The molecule has 0 bridgehead atoms. The predicted octanol–water partition coefficient (Wildman–Crippen LogP) is 1.94. The highest BCUT2D eigenvalue weighted by atomic mass is 16.6. The van der Waals surface area contributed by atoms with Gasteiger partial charge in [-0.2, -0.15) is 0 Å². The molecule has 0 spiro atoms. The Morgan fingerprint density at radius 2 is 1.81 bits per heavy atom. The van der Waals surface area contributed by atoms with E-state index >= 15 is 0 Å². The smallest absolute Gasteiger partial charge is 0.196 e. The van der Waals surface area contributed by atoms with Gasteiger partial charge in [0, 0.05) is 5.56 Å². The van der Waals surface area contributed by atoms with E-state index in [2.05, 4.69) is 14.9 Å². The Bertz CT molecular complexity index is 497. The van der Waals surface area contributed by atoms with E-state index in [0.29, 0.717) is 11.5 Å². The van der Waals surface area contributed by atoms with Crippen LogP contribution in [0, 0.1) is 13.8 Å². The average Bonchev–Trinajstić information content (AvgIpc) is 2.64. The Morgan fingerprint density at radius 3 is 2.25 bits per heavy atom. The lowest BCUT2D eigenvalue weighted by Gasteiger charge is -2.09. The molecule has 0 atom stereocenters. The van der Waals surface area contributed by atoms with Crippen molar-refractivity contribution in [3.05, 3.63) is 23.3 Å². The van der Waals surface area contributed by atoms with E-state index in [4.69, 9.17) is 10.5 Å². The van der Waals surface area contributed by atoms with Gasteiger partial charge in [-0.1, -0.05) is 0 Å². The van der Waals surface area contributed by atoms with Crippen LogP contribution in [0.25, 0.3) is 11.3 Å². The summed E-state index contributed by atoms with van der Waals surface area (Å²) >= 11 is 0. The lowest BCUT2D eigenvalue weighted by atomic mass is 9.99. The molecular formula is C11H13N3O2. The number of benzene rings is 1. The molecule has 84 valence electrons. The summed E-state index contributed by atoms with van der Waals surface area (Å²) in [6, 6.07) is 3.85. The minimum absolute atomic E-state index is 0.302. The Labute approximate surface area is 93.2 Å². The van der Waals surface area contributed by atoms with Gasteiger partial charge in [-0.05, 0) is 47.4 Å². The number of nitrogens with two attached hydrogens (primary N) is 1. The number of rotatable bonds is 2. The molecular weight excluding hydrogens is 206 g/mol. The van der Waals surface area contributed by atoms with E-state index in [-0.39, 0.29) is 0 Å². The lowest BCUT2D eigenvalue weighted by Crippen LogP contribution is -1.95.